The van der Waals surface area contributed by atoms with E-state index in [-0.39, 0.29) is 5.56 Å². The Morgan fingerprint density at radius 2 is 1.73 bits per heavy atom. The molecule has 1 aromatic heterocycles. The van der Waals surface area contributed by atoms with Gasteiger partial charge in [0, 0.05) is 7.05 Å². The molecule has 0 atom stereocenters. The van der Waals surface area contributed by atoms with Crippen molar-refractivity contribution < 1.29 is 0 Å². The summed E-state index contributed by atoms with van der Waals surface area (Å²) in [6.07, 6.45) is 10.7. The minimum Gasteiger partial charge on any atom is -0.296 e. The third kappa shape index (κ3) is 1.61. The van der Waals surface area contributed by atoms with Crippen molar-refractivity contribution in [3.05, 3.63) is 55.7 Å². The number of H-pyrrole nitrogens is 1. The molecule has 0 saturated carbocycles. The summed E-state index contributed by atoms with van der Waals surface area (Å²) in [7, 11) is 1.63. The van der Waals surface area contributed by atoms with E-state index in [1.165, 1.54) is 4.57 Å². The van der Waals surface area contributed by atoms with Crippen molar-refractivity contribution in [2.75, 3.05) is 0 Å². The maximum absolute atomic E-state index is 11.5. The fraction of sp³-hybridized carbons (Fsp3) is 0.0909. The molecule has 0 aliphatic heterocycles. The molecule has 0 amide bonds. The molecule has 0 fully saturated rings. The lowest BCUT2D eigenvalue weighted by Gasteiger charge is -1.98. The standard InChI is InChI=1S/C11H10N2O2/c1-13-9-7-5-3-2-4-6-8(9)10(14)12-11(13)15/h2-7H,1H3,(H,12,14,15)/b3-2?,4-2-,5-3-,6-4?,7-5?,8-6+,9-7+. The van der Waals surface area contributed by atoms with Gasteiger partial charge in [0.25, 0.3) is 5.56 Å². The molecular formula is C11H10N2O2. The van der Waals surface area contributed by atoms with E-state index >= 15 is 0 Å². The van der Waals surface area contributed by atoms with E-state index in [0.29, 0.717) is 10.6 Å². The van der Waals surface area contributed by atoms with Crippen LogP contribution in [0.4, 0.5) is 0 Å². The largest absolute Gasteiger partial charge is 0.328 e. The van der Waals surface area contributed by atoms with Gasteiger partial charge in [-0.05, 0) is 12.2 Å². The summed E-state index contributed by atoms with van der Waals surface area (Å²) in [5.74, 6) is 0. The highest BCUT2D eigenvalue weighted by molar-refractivity contribution is 5.45. The van der Waals surface area contributed by atoms with Crippen molar-refractivity contribution in [2.45, 2.75) is 0 Å². The number of aromatic amines is 1. The van der Waals surface area contributed by atoms with Crippen LogP contribution in [0.3, 0.4) is 0 Å². The molecule has 0 saturated heterocycles. The highest BCUT2D eigenvalue weighted by atomic mass is 16.2. The first-order valence-corrected chi connectivity index (χ1v) is 4.55. The van der Waals surface area contributed by atoms with E-state index in [1.54, 1.807) is 31.4 Å². The Hall–Kier alpha value is -2.10. The number of hydrogen-bond donors (Lipinski definition) is 1. The summed E-state index contributed by atoms with van der Waals surface area (Å²) < 4.78 is 1.41. The lowest BCUT2D eigenvalue weighted by atomic mass is 10.2. The third-order valence-corrected chi connectivity index (χ3v) is 2.26. The molecule has 1 N–H and O–H groups in total. The Labute approximate surface area is 85.2 Å². The molecule has 2 rings (SSSR count). The number of hydrogen-bond acceptors (Lipinski definition) is 2. The summed E-state index contributed by atoms with van der Waals surface area (Å²) >= 11 is 0. The average Bonchev–Trinajstić information content (AvgIpc) is 2.14. The van der Waals surface area contributed by atoms with Crippen molar-refractivity contribution in [2.24, 2.45) is 7.05 Å². The molecule has 0 radical (unpaired) electrons. The first-order valence-electron chi connectivity index (χ1n) is 4.55. The quantitative estimate of drug-likeness (QED) is 0.572. The van der Waals surface area contributed by atoms with E-state index in [2.05, 4.69) is 4.98 Å². The molecule has 4 heteroatoms. The molecule has 0 bridgehead atoms. The van der Waals surface area contributed by atoms with E-state index in [9.17, 15) is 9.59 Å². The normalized spacial score (nSPS) is 22.2. The second-order valence-corrected chi connectivity index (χ2v) is 3.22. The summed E-state index contributed by atoms with van der Waals surface area (Å²) in [5, 5.41) is 1.11. The molecule has 1 aliphatic carbocycles. The topological polar surface area (TPSA) is 54.9 Å². The Morgan fingerprint density at radius 3 is 2.47 bits per heavy atom. The number of aromatic nitrogens is 2. The van der Waals surface area contributed by atoms with Crippen molar-refractivity contribution in [3.8, 4) is 0 Å². The monoisotopic (exact) mass is 202 g/mol. The van der Waals surface area contributed by atoms with Crippen LogP contribution in [-0.2, 0) is 7.05 Å². The molecule has 1 heterocycles. The zero-order valence-electron chi connectivity index (χ0n) is 8.23. The zero-order valence-corrected chi connectivity index (χ0v) is 8.23. The fourth-order valence-corrected chi connectivity index (χ4v) is 1.44. The smallest absolute Gasteiger partial charge is 0.296 e. The molecule has 1 aliphatic rings. The van der Waals surface area contributed by atoms with Gasteiger partial charge in [0.15, 0.2) is 0 Å². The number of fused-ring (bicyclic) bond motifs is 1. The van der Waals surface area contributed by atoms with Gasteiger partial charge in [0.05, 0.1) is 10.6 Å². The van der Waals surface area contributed by atoms with E-state index < -0.39 is 5.69 Å². The summed E-state index contributed by atoms with van der Waals surface area (Å²) in [6, 6.07) is 0. The SMILES string of the molecule is Cn1c(=O)[nH]c(=O)c2/c1=C\C=C/C=C\C=2. The van der Waals surface area contributed by atoms with Crippen LogP contribution in [0.5, 0.6) is 0 Å². The average molecular weight is 202 g/mol. The van der Waals surface area contributed by atoms with Crippen LogP contribution in [-0.4, -0.2) is 9.55 Å². The highest BCUT2D eigenvalue weighted by Crippen LogP contribution is 1.80. The van der Waals surface area contributed by atoms with Gasteiger partial charge in [-0.25, -0.2) is 4.79 Å². The van der Waals surface area contributed by atoms with Crippen LogP contribution in [0.25, 0.3) is 12.2 Å². The third-order valence-electron chi connectivity index (χ3n) is 2.26. The second-order valence-electron chi connectivity index (χ2n) is 3.22. The van der Waals surface area contributed by atoms with Crippen molar-refractivity contribution in [3.63, 3.8) is 0 Å². The molecule has 4 nitrogen and oxygen atoms in total. The Kier molecular flexibility index (Phi) is 2.25. The van der Waals surface area contributed by atoms with E-state index in [1.807, 2.05) is 12.2 Å². The van der Waals surface area contributed by atoms with Gasteiger partial charge in [-0.2, -0.15) is 0 Å². The molecule has 0 spiro atoms. The minimum atomic E-state index is -0.402. The van der Waals surface area contributed by atoms with Crippen molar-refractivity contribution in [1.82, 2.24) is 9.55 Å². The maximum Gasteiger partial charge on any atom is 0.328 e. The number of nitrogens with one attached hydrogen (secondary N) is 1. The fourth-order valence-electron chi connectivity index (χ4n) is 1.44. The summed E-state index contributed by atoms with van der Waals surface area (Å²) in [4.78, 5) is 25.1. The number of nitrogens with zero attached hydrogens (tertiary/aromatic N) is 1. The predicted molar refractivity (Wildman–Crippen MR) is 58.8 cm³/mol. The molecule has 0 aromatic carbocycles. The summed E-state index contributed by atoms with van der Waals surface area (Å²) in [5.41, 5.74) is -0.759. The summed E-state index contributed by atoms with van der Waals surface area (Å²) in [6.45, 7) is 0. The minimum absolute atomic E-state index is 0.357. The Morgan fingerprint density at radius 1 is 1.07 bits per heavy atom. The van der Waals surface area contributed by atoms with Crippen molar-refractivity contribution >= 4 is 12.2 Å². The number of allylic oxidation sites excluding steroid dienone is 4. The lowest BCUT2D eigenvalue weighted by molar-refractivity contribution is 0.760. The molecule has 76 valence electrons. The Balaban J connectivity index is 3.10. The maximum atomic E-state index is 11.5. The first kappa shape index (κ1) is 9.45. The zero-order chi connectivity index (χ0) is 10.8. The van der Waals surface area contributed by atoms with Gasteiger partial charge >= 0.3 is 5.69 Å². The molecule has 1 aromatic rings. The van der Waals surface area contributed by atoms with Gasteiger partial charge in [0.2, 0.25) is 0 Å². The van der Waals surface area contributed by atoms with Crippen LogP contribution < -0.4 is 21.8 Å². The van der Waals surface area contributed by atoms with Crippen LogP contribution in [0.1, 0.15) is 0 Å². The van der Waals surface area contributed by atoms with Crippen LogP contribution in [0.2, 0.25) is 0 Å². The van der Waals surface area contributed by atoms with Gasteiger partial charge in [-0.15, -0.1) is 0 Å². The van der Waals surface area contributed by atoms with Crippen LogP contribution >= 0.6 is 0 Å². The second kappa shape index (κ2) is 3.57. The molecule has 15 heavy (non-hydrogen) atoms. The lowest BCUT2D eigenvalue weighted by Crippen LogP contribution is -2.52. The van der Waals surface area contributed by atoms with E-state index in [4.69, 9.17) is 0 Å². The van der Waals surface area contributed by atoms with Gasteiger partial charge in [-0.1, -0.05) is 24.3 Å². The molecular weight excluding hydrogens is 192 g/mol. The van der Waals surface area contributed by atoms with Gasteiger partial charge in [0.1, 0.15) is 0 Å². The van der Waals surface area contributed by atoms with Crippen LogP contribution in [0.15, 0.2) is 33.9 Å². The predicted octanol–water partition coefficient (Wildman–Crippen LogP) is -1.24. The van der Waals surface area contributed by atoms with Crippen LogP contribution in [0, 0.1) is 0 Å². The number of rotatable bonds is 0. The first-order chi connectivity index (χ1) is 7.20. The molecule has 0 unspecified atom stereocenters. The van der Waals surface area contributed by atoms with Gasteiger partial charge < -0.3 is 0 Å². The Bertz CT molecular complexity index is 672. The van der Waals surface area contributed by atoms with E-state index in [0.717, 1.165) is 0 Å². The van der Waals surface area contributed by atoms with Gasteiger partial charge in [-0.3, -0.25) is 14.3 Å². The van der Waals surface area contributed by atoms with Crippen molar-refractivity contribution in [1.29, 1.82) is 0 Å². The highest BCUT2D eigenvalue weighted by Gasteiger charge is 1.98.